The Balaban J connectivity index is 2.91. The molecule has 2 unspecified atom stereocenters. The standard InChI is InChI=1S/C11H15ClFNO3/c1-14-3-2-9(15)11(17)7-4-6(12)5-8(13)10(7)16/h4-5,9,11,14-17H,2-3H2,1H3. The number of benzene rings is 1. The van der Waals surface area contributed by atoms with E-state index in [2.05, 4.69) is 5.32 Å². The summed E-state index contributed by atoms with van der Waals surface area (Å²) in [6, 6.07) is 2.17. The average molecular weight is 264 g/mol. The molecule has 2 atom stereocenters. The van der Waals surface area contributed by atoms with Gasteiger partial charge >= 0.3 is 0 Å². The second-order valence-electron chi connectivity index (χ2n) is 3.73. The molecule has 6 heteroatoms. The maximum absolute atomic E-state index is 13.2. The van der Waals surface area contributed by atoms with E-state index in [0.29, 0.717) is 6.54 Å². The Morgan fingerprint density at radius 1 is 1.41 bits per heavy atom. The summed E-state index contributed by atoms with van der Waals surface area (Å²) < 4.78 is 13.2. The van der Waals surface area contributed by atoms with Crippen LogP contribution in [0.5, 0.6) is 5.75 Å². The highest BCUT2D eigenvalue weighted by Crippen LogP contribution is 2.32. The summed E-state index contributed by atoms with van der Waals surface area (Å²) in [4.78, 5) is 0. The first-order chi connectivity index (χ1) is 7.97. The van der Waals surface area contributed by atoms with Gasteiger partial charge in [-0.2, -0.15) is 0 Å². The third-order valence-corrected chi connectivity index (χ3v) is 2.65. The molecule has 4 N–H and O–H groups in total. The van der Waals surface area contributed by atoms with Crippen molar-refractivity contribution in [3.05, 3.63) is 28.5 Å². The highest BCUT2D eigenvalue weighted by Gasteiger charge is 2.23. The molecule has 17 heavy (non-hydrogen) atoms. The lowest BCUT2D eigenvalue weighted by Gasteiger charge is -2.19. The molecule has 0 saturated heterocycles. The van der Waals surface area contributed by atoms with Crippen molar-refractivity contribution in [2.24, 2.45) is 0 Å². The van der Waals surface area contributed by atoms with Gasteiger partial charge in [-0.1, -0.05) is 11.6 Å². The first-order valence-corrected chi connectivity index (χ1v) is 5.53. The molecule has 0 bridgehead atoms. The zero-order valence-corrected chi connectivity index (χ0v) is 10.1. The fourth-order valence-corrected chi connectivity index (χ4v) is 1.68. The predicted octanol–water partition coefficient (Wildman–Crippen LogP) is 1.19. The third-order valence-electron chi connectivity index (χ3n) is 2.43. The van der Waals surface area contributed by atoms with Crippen LogP contribution in [-0.4, -0.2) is 35.0 Å². The number of phenolic OH excluding ortho intramolecular Hbond substituents is 1. The number of nitrogens with one attached hydrogen (secondary N) is 1. The van der Waals surface area contributed by atoms with Crippen molar-refractivity contribution in [3.8, 4) is 5.75 Å². The van der Waals surface area contributed by atoms with Gasteiger partial charge in [0, 0.05) is 10.6 Å². The van der Waals surface area contributed by atoms with Crippen molar-refractivity contribution >= 4 is 11.6 Å². The highest BCUT2D eigenvalue weighted by molar-refractivity contribution is 6.30. The van der Waals surface area contributed by atoms with Crippen LogP contribution in [0.15, 0.2) is 12.1 Å². The minimum atomic E-state index is -1.38. The number of hydrogen-bond donors (Lipinski definition) is 4. The van der Waals surface area contributed by atoms with Crippen LogP contribution in [-0.2, 0) is 0 Å². The lowest BCUT2D eigenvalue weighted by atomic mass is 10.0. The van der Waals surface area contributed by atoms with Crippen LogP contribution in [0.25, 0.3) is 0 Å². The SMILES string of the molecule is CNCCC(O)C(O)c1cc(Cl)cc(F)c1O. The minimum Gasteiger partial charge on any atom is -0.505 e. The quantitative estimate of drug-likeness (QED) is 0.644. The van der Waals surface area contributed by atoms with Gasteiger partial charge in [-0.15, -0.1) is 0 Å². The van der Waals surface area contributed by atoms with Gasteiger partial charge in [0.15, 0.2) is 11.6 Å². The van der Waals surface area contributed by atoms with Gasteiger partial charge in [-0.05, 0) is 32.1 Å². The molecule has 0 heterocycles. The van der Waals surface area contributed by atoms with E-state index in [4.69, 9.17) is 11.6 Å². The van der Waals surface area contributed by atoms with Crippen molar-refractivity contribution in [3.63, 3.8) is 0 Å². The van der Waals surface area contributed by atoms with E-state index in [1.165, 1.54) is 6.07 Å². The average Bonchev–Trinajstić information content (AvgIpc) is 2.29. The summed E-state index contributed by atoms with van der Waals surface area (Å²) >= 11 is 5.62. The lowest BCUT2D eigenvalue weighted by Crippen LogP contribution is -2.23. The maximum Gasteiger partial charge on any atom is 0.166 e. The molecule has 1 aromatic rings. The monoisotopic (exact) mass is 263 g/mol. The van der Waals surface area contributed by atoms with Crippen LogP contribution in [0.4, 0.5) is 4.39 Å². The van der Waals surface area contributed by atoms with Crippen LogP contribution >= 0.6 is 11.6 Å². The van der Waals surface area contributed by atoms with E-state index in [0.717, 1.165) is 6.07 Å². The number of aromatic hydroxyl groups is 1. The van der Waals surface area contributed by atoms with Gasteiger partial charge in [0.05, 0.1) is 6.10 Å². The molecule has 0 fully saturated rings. The molecular formula is C11H15ClFNO3. The summed E-state index contributed by atoms with van der Waals surface area (Å²) in [5, 5.41) is 31.7. The Morgan fingerprint density at radius 3 is 2.65 bits per heavy atom. The molecule has 0 aliphatic carbocycles. The molecule has 96 valence electrons. The first kappa shape index (κ1) is 14.2. The number of rotatable bonds is 5. The first-order valence-electron chi connectivity index (χ1n) is 5.16. The summed E-state index contributed by atoms with van der Waals surface area (Å²) in [7, 11) is 1.70. The molecule has 4 nitrogen and oxygen atoms in total. The zero-order valence-electron chi connectivity index (χ0n) is 9.32. The van der Waals surface area contributed by atoms with Gasteiger partial charge < -0.3 is 20.6 Å². The Labute approximate surface area is 104 Å². The van der Waals surface area contributed by atoms with Crippen molar-refractivity contribution in [1.82, 2.24) is 5.32 Å². The molecule has 0 aliphatic heterocycles. The van der Waals surface area contributed by atoms with Crippen molar-refractivity contribution in [1.29, 1.82) is 0 Å². The predicted molar refractivity (Wildman–Crippen MR) is 62.6 cm³/mol. The van der Waals surface area contributed by atoms with Gasteiger partial charge in [0.2, 0.25) is 0 Å². The second kappa shape index (κ2) is 6.16. The van der Waals surface area contributed by atoms with E-state index in [9.17, 15) is 19.7 Å². The summed E-state index contributed by atoms with van der Waals surface area (Å²) in [5.41, 5.74) is -0.112. The topological polar surface area (TPSA) is 72.7 Å². The van der Waals surface area contributed by atoms with Crippen molar-refractivity contribution in [2.45, 2.75) is 18.6 Å². The van der Waals surface area contributed by atoms with Gasteiger partial charge in [-0.3, -0.25) is 0 Å². The summed E-state index contributed by atoms with van der Waals surface area (Å²) in [5.74, 6) is -1.61. The number of aliphatic hydroxyl groups is 2. The van der Waals surface area contributed by atoms with Crippen LogP contribution < -0.4 is 5.32 Å². The smallest absolute Gasteiger partial charge is 0.166 e. The molecule has 0 amide bonds. The number of hydrogen-bond acceptors (Lipinski definition) is 4. The molecule has 1 aromatic carbocycles. The van der Waals surface area contributed by atoms with Crippen LogP contribution in [0.2, 0.25) is 5.02 Å². The second-order valence-corrected chi connectivity index (χ2v) is 4.17. The van der Waals surface area contributed by atoms with E-state index < -0.39 is 23.8 Å². The molecule has 0 saturated carbocycles. The Hall–Kier alpha value is -0.880. The zero-order chi connectivity index (χ0) is 13.0. The lowest BCUT2D eigenvalue weighted by molar-refractivity contribution is 0.0125. The van der Waals surface area contributed by atoms with Crippen LogP contribution in [0.3, 0.4) is 0 Å². The molecule has 1 rings (SSSR count). The van der Waals surface area contributed by atoms with E-state index in [-0.39, 0.29) is 17.0 Å². The Morgan fingerprint density at radius 2 is 2.06 bits per heavy atom. The van der Waals surface area contributed by atoms with Crippen molar-refractivity contribution < 1.29 is 19.7 Å². The minimum absolute atomic E-state index is 0.0511. The van der Waals surface area contributed by atoms with E-state index in [1.54, 1.807) is 7.05 Å². The van der Waals surface area contributed by atoms with Crippen LogP contribution in [0, 0.1) is 5.82 Å². The maximum atomic E-state index is 13.2. The third kappa shape index (κ3) is 3.54. The largest absolute Gasteiger partial charge is 0.505 e. The summed E-state index contributed by atoms with van der Waals surface area (Å²) in [6.45, 7) is 0.488. The Kier molecular flexibility index (Phi) is 5.14. The fraction of sp³-hybridized carbons (Fsp3) is 0.455. The van der Waals surface area contributed by atoms with Crippen LogP contribution in [0.1, 0.15) is 18.1 Å². The number of aliphatic hydroxyl groups excluding tert-OH is 2. The molecule has 0 aromatic heterocycles. The Bertz CT molecular complexity index is 389. The number of halogens is 2. The molecule has 0 radical (unpaired) electrons. The normalized spacial score (nSPS) is 14.6. The fourth-order valence-electron chi connectivity index (χ4n) is 1.47. The number of phenols is 1. The van der Waals surface area contributed by atoms with Gasteiger partial charge in [-0.25, -0.2) is 4.39 Å². The molecular weight excluding hydrogens is 249 g/mol. The van der Waals surface area contributed by atoms with Gasteiger partial charge in [0.25, 0.3) is 0 Å². The van der Waals surface area contributed by atoms with E-state index in [1.807, 2.05) is 0 Å². The summed E-state index contributed by atoms with van der Waals surface area (Å²) in [6.07, 6.45) is -2.21. The highest BCUT2D eigenvalue weighted by atomic mass is 35.5. The molecule has 0 spiro atoms. The van der Waals surface area contributed by atoms with Crippen molar-refractivity contribution in [2.75, 3.05) is 13.6 Å². The van der Waals surface area contributed by atoms with Gasteiger partial charge in [0.1, 0.15) is 6.10 Å². The van der Waals surface area contributed by atoms with E-state index >= 15 is 0 Å². The molecule has 0 aliphatic rings.